The fraction of sp³-hybridized carbons (Fsp3) is 0.417. The molecule has 1 atom stereocenters. The molecule has 1 aliphatic heterocycles. The number of fused-ring (bicyclic) bond motifs is 1. The fourth-order valence-electron chi connectivity index (χ4n) is 2.04. The minimum atomic E-state index is 0.0899. The van der Waals surface area contributed by atoms with Gasteiger partial charge in [-0.2, -0.15) is 5.26 Å². The van der Waals surface area contributed by atoms with Crippen LogP contribution in [0.15, 0.2) is 18.2 Å². The first-order chi connectivity index (χ1) is 7.36. The average Bonchev–Trinajstić information content (AvgIpc) is 2.29. The Labute approximate surface area is 89.7 Å². The Kier molecular flexibility index (Phi) is 3.00. The third-order valence-corrected chi connectivity index (χ3v) is 2.74. The molecule has 1 N–H and O–H groups in total. The Morgan fingerprint density at radius 2 is 2.47 bits per heavy atom. The van der Waals surface area contributed by atoms with Crippen LogP contribution in [0.5, 0.6) is 0 Å². The maximum absolute atomic E-state index is 9.00. The van der Waals surface area contributed by atoms with Gasteiger partial charge in [-0.25, -0.2) is 0 Å². The molecule has 1 aromatic rings. The predicted octanol–water partition coefficient (Wildman–Crippen LogP) is 1.39. The molecule has 0 aromatic heterocycles. The average molecular weight is 202 g/mol. The molecule has 0 fully saturated rings. The smallest absolute Gasteiger partial charge is 0.0994 e. The molecule has 1 unspecified atom stereocenters. The number of hydrogen-bond donors (Lipinski definition) is 1. The van der Waals surface area contributed by atoms with Gasteiger partial charge in [0.2, 0.25) is 0 Å². The van der Waals surface area contributed by atoms with Gasteiger partial charge in [0.05, 0.1) is 24.3 Å². The van der Waals surface area contributed by atoms with Crippen molar-refractivity contribution in [3.05, 3.63) is 34.9 Å². The van der Waals surface area contributed by atoms with E-state index in [2.05, 4.69) is 17.5 Å². The molecule has 0 saturated carbocycles. The second kappa shape index (κ2) is 4.43. The first-order valence-corrected chi connectivity index (χ1v) is 5.15. The lowest BCUT2D eigenvalue weighted by molar-refractivity contribution is 0.0438. The van der Waals surface area contributed by atoms with Gasteiger partial charge in [-0.05, 0) is 30.7 Å². The van der Waals surface area contributed by atoms with Gasteiger partial charge in [0.15, 0.2) is 0 Å². The number of likely N-dealkylation sites (N-methyl/N-ethyl adjacent to an activating group) is 1. The zero-order chi connectivity index (χ0) is 10.7. The van der Waals surface area contributed by atoms with Crippen molar-refractivity contribution in [2.24, 2.45) is 0 Å². The zero-order valence-corrected chi connectivity index (χ0v) is 8.79. The Bertz CT molecular complexity index is 395. The number of ether oxygens (including phenoxy) is 1. The largest absolute Gasteiger partial charge is 0.372 e. The van der Waals surface area contributed by atoms with E-state index in [9.17, 15) is 0 Å². The van der Waals surface area contributed by atoms with Gasteiger partial charge >= 0.3 is 0 Å². The summed E-state index contributed by atoms with van der Waals surface area (Å²) in [4.78, 5) is 0. The summed E-state index contributed by atoms with van der Waals surface area (Å²) in [5.74, 6) is 0. The summed E-state index contributed by atoms with van der Waals surface area (Å²) >= 11 is 0. The van der Waals surface area contributed by atoms with E-state index in [0.29, 0.717) is 6.61 Å². The summed E-state index contributed by atoms with van der Waals surface area (Å²) in [6, 6.07) is 8.10. The van der Waals surface area contributed by atoms with E-state index >= 15 is 0 Å². The van der Waals surface area contributed by atoms with Crippen molar-refractivity contribution in [1.29, 1.82) is 5.26 Å². The number of hydrogen-bond acceptors (Lipinski definition) is 3. The van der Waals surface area contributed by atoms with Gasteiger partial charge in [0, 0.05) is 6.54 Å². The number of nitrogens with one attached hydrogen (secondary N) is 1. The first kappa shape index (κ1) is 10.2. The number of nitrogens with zero attached hydrogens (tertiary/aromatic N) is 1. The quantitative estimate of drug-likeness (QED) is 0.788. The second-order valence-electron chi connectivity index (χ2n) is 3.65. The van der Waals surface area contributed by atoms with E-state index < -0.39 is 0 Å². The molecule has 1 heterocycles. The van der Waals surface area contributed by atoms with Gasteiger partial charge < -0.3 is 10.1 Å². The lowest BCUT2D eigenvalue weighted by Gasteiger charge is -2.26. The third kappa shape index (κ3) is 1.87. The predicted molar refractivity (Wildman–Crippen MR) is 57.5 cm³/mol. The molecule has 15 heavy (non-hydrogen) atoms. The molecule has 0 amide bonds. The molecule has 2 rings (SSSR count). The van der Waals surface area contributed by atoms with Crippen LogP contribution in [0.25, 0.3) is 0 Å². The van der Waals surface area contributed by atoms with Crippen molar-refractivity contribution < 1.29 is 4.74 Å². The highest BCUT2D eigenvalue weighted by atomic mass is 16.5. The molecule has 0 saturated heterocycles. The second-order valence-corrected chi connectivity index (χ2v) is 3.65. The van der Waals surface area contributed by atoms with Crippen LogP contribution in [0.2, 0.25) is 0 Å². The molecule has 3 nitrogen and oxygen atoms in total. The van der Waals surface area contributed by atoms with Crippen molar-refractivity contribution in [3.63, 3.8) is 0 Å². The summed E-state index contributed by atoms with van der Waals surface area (Å²) in [5.41, 5.74) is 3.11. The number of nitriles is 1. The molecule has 78 valence electrons. The SMILES string of the molecule is CNCC1OCCc2c(C#N)cccc21. The van der Waals surface area contributed by atoms with Crippen LogP contribution >= 0.6 is 0 Å². The highest BCUT2D eigenvalue weighted by Gasteiger charge is 2.21. The van der Waals surface area contributed by atoms with E-state index in [1.807, 2.05) is 19.2 Å². The minimum Gasteiger partial charge on any atom is -0.372 e. The van der Waals surface area contributed by atoms with E-state index in [4.69, 9.17) is 10.00 Å². The number of rotatable bonds is 2. The summed E-state index contributed by atoms with van der Waals surface area (Å²) in [7, 11) is 1.91. The topological polar surface area (TPSA) is 45.0 Å². The molecular formula is C12H14N2O. The van der Waals surface area contributed by atoms with Crippen LogP contribution in [0.4, 0.5) is 0 Å². The molecule has 0 bridgehead atoms. The Morgan fingerprint density at radius 1 is 1.60 bits per heavy atom. The van der Waals surface area contributed by atoms with Gasteiger partial charge in [-0.3, -0.25) is 0 Å². The van der Waals surface area contributed by atoms with E-state index in [0.717, 1.165) is 29.7 Å². The molecule has 0 spiro atoms. The van der Waals surface area contributed by atoms with Crippen LogP contribution in [-0.2, 0) is 11.2 Å². The van der Waals surface area contributed by atoms with Gasteiger partial charge in [-0.1, -0.05) is 12.1 Å². The Morgan fingerprint density at radius 3 is 3.20 bits per heavy atom. The number of benzene rings is 1. The summed E-state index contributed by atoms with van der Waals surface area (Å²) < 4.78 is 5.67. The first-order valence-electron chi connectivity index (χ1n) is 5.15. The summed E-state index contributed by atoms with van der Waals surface area (Å²) in [6.07, 6.45) is 0.936. The van der Waals surface area contributed by atoms with Gasteiger partial charge in [0.25, 0.3) is 0 Å². The standard InChI is InChI=1S/C12H14N2O/c1-14-8-12-11-4-2-3-9(7-13)10(11)5-6-15-12/h2-4,12,14H,5-6,8H2,1H3. The van der Waals surface area contributed by atoms with Crippen LogP contribution in [0.1, 0.15) is 22.8 Å². The normalized spacial score (nSPS) is 19.3. The molecule has 3 heteroatoms. The monoisotopic (exact) mass is 202 g/mol. The zero-order valence-electron chi connectivity index (χ0n) is 8.79. The maximum Gasteiger partial charge on any atom is 0.0994 e. The molecule has 1 aliphatic rings. The van der Waals surface area contributed by atoms with Crippen molar-refractivity contribution >= 4 is 0 Å². The molecule has 0 aliphatic carbocycles. The highest BCUT2D eigenvalue weighted by Crippen LogP contribution is 2.28. The van der Waals surface area contributed by atoms with Crippen LogP contribution in [-0.4, -0.2) is 20.2 Å². The third-order valence-electron chi connectivity index (χ3n) is 2.74. The highest BCUT2D eigenvalue weighted by molar-refractivity contribution is 5.44. The van der Waals surface area contributed by atoms with Crippen molar-refractivity contribution in [3.8, 4) is 6.07 Å². The maximum atomic E-state index is 9.00. The van der Waals surface area contributed by atoms with Crippen molar-refractivity contribution in [2.45, 2.75) is 12.5 Å². The molecule has 0 radical (unpaired) electrons. The fourth-order valence-corrected chi connectivity index (χ4v) is 2.04. The lowest BCUT2D eigenvalue weighted by atomic mass is 9.93. The summed E-state index contributed by atoms with van der Waals surface area (Å²) in [5, 5.41) is 12.1. The van der Waals surface area contributed by atoms with E-state index in [1.165, 1.54) is 0 Å². The van der Waals surface area contributed by atoms with Crippen molar-refractivity contribution in [2.75, 3.05) is 20.2 Å². The van der Waals surface area contributed by atoms with Crippen LogP contribution < -0.4 is 5.32 Å². The Balaban J connectivity index is 2.40. The minimum absolute atomic E-state index is 0.0899. The van der Waals surface area contributed by atoms with Crippen LogP contribution in [0.3, 0.4) is 0 Å². The van der Waals surface area contributed by atoms with E-state index in [-0.39, 0.29) is 6.10 Å². The molecular weight excluding hydrogens is 188 g/mol. The lowest BCUT2D eigenvalue weighted by Crippen LogP contribution is -2.25. The van der Waals surface area contributed by atoms with Gasteiger partial charge in [-0.15, -0.1) is 0 Å². The molecule has 1 aromatic carbocycles. The van der Waals surface area contributed by atoms with E-state index in [1.54, 1.807) is 0 Å². The summed E-state index contributed by atoms with van der Waals surface area (Å²) in [6.45, 7) is 1.50. The van der Waals surface area contributed by atoms with Gasteiger partial charge in [0.1, 0.15) is 0 Å². The van der Waals surface area contributed by atoms with Crippen LogP contribution in [0, 0.1) is 11.3 Å². The Hall–Kier alpha value is -1.37. The van der Waals surface area contributed by atoms with Crippen molar-refractivity contribution in [1.82, 2.24) is 5.32 Å².